The summed E-state index contributed by atoms with van der Waals surface area (Å²) < 4.78 is 0. The van der Waals surface area contributed by atoms with Gasteiger partial charge in [-0.2, -0.15) is 0 Å². The third-order valence-corrected chi connectivity index (χ3v) is 5.65. The van der Waals surface area contributed by atoms with Crippen LogP contribution >= 0.6 is 24.8 Å². The Hall–Kier alpha value is -0.0300. The molecule has 4 nitrogen and oxygen atoms in total. The van der Waals surface area contributed by atoms with E-state index in [1.165, 1.54) is 51.4 Å². The van der Waals surface area contributed by atoms with Crippen LogP contribution in [0, 0.1) is 5.41 Å². The quantitative estimate of drug-likeness (QED) is 0.816. The summed E-state index contributed by atoms with van der Waals surface area (Å²) in [6, 6.07) is 0. The van der Waals surface area contributed by atoms with Gasteiger partial charge in [0.1, 0.15) is 0 Å². The van der Waals surface area contributed by atoms with Gasteiger partial charge < -0.3 is 10.2 Å². The van der Waals surface area contributed by atoms with Gasteiger partial charge in [-0.05, 0) is 51.7 Å². The molecule has 0 aromatic heterocycles. The van der Waals surface area contributed by atoms with Gasteiger partial charge in [0.25, 0.3) is 0 Å². The summed E-state index contributed by atoms with van der Waals surface area (Å²) in [6.07, 6.45) is 10.3. The second-order valence-electron chi connectivity index (χ2n) is 7.39. The van der Waals surface area contributed by atoms with Crippen LogP contribution in [-0.2, 0) is 4.79 Å². The van der Waals surface area contributed by atoms with Gasteiger partial charge in [0.15, 0.2) is 0 Å². The molecular weight excluding hydrogens is 333 g/mol. The summed E-state index contributed by atoms with van der Waals surface area (Å²) in [4.78, 5) is 17.2. The molecule has 0 bridgehead atoms. The zero-order chi connectivity index (χ0) is 14.5. The Morgan fingerprint density at radius 3 is 2.26 bits per heavy atom. The van der Waals surface area contributed by atoms with E-state index in [-0.39, 0.29) is 24.8 Å². The monoisotopic (exact) mass is 365 g/mol. The predicted octanol–water partition coefficient (Wildman–Crippen LogP) is 2.70. The summed E-state index contributed by atoms with van der Waals surface area (Å²) in [5.74, 6) is 0.376. The van der Waals surface area contributed by atoms with Crippen molar-refractivity contribution in [1.82, 2.24) is 15.1 Å². The summed E-state index contributed by atoms with van der Waals surface area (Å²) in [5, 5.41) is 3.49. The molecule has 6 heteroatoms. The van der Waals surface area contributed by atoms with Gasteiger partial charge in [-0.3, -0.25) is 9.69 Å². The number of halogens is 2. The Bertz CT molecular complexity index is 354. The molecule has 3 rings (SSSR count). The van der Waals surface area contributed by atoms with Crippen molar-refractivity contribution in [3.8, 4) is 0 Å². The molecule has 1 N–H and O–H groups in total. The van der Waals surface area contributed by atoms with Gasteiger partial charge in [-0.15, -0.1) is 24.8 Å². The lowest BCUT2D eigenvalue weighted by Gasteiger charge is -2.40. The maximum Gasteiger partial charge on any atom is 0.236 e. The fourth-order valence-corrected chi connectivity index (χ4v) is 4.33. The van der Waals surface area contributed by atoms with Crippen molar-refractivity contribution in [2.45, 2.75) is 51.4 Å². The van der Waals surface area contributed by atoms with E-state index in [9.17, 15) is 4.79 Å². The van der Waals surface area contributed by atoms with E-state index in [1.807, 2.05) is 0 Å². The van der Waals surface area contributed by atoms with Gasteiger partial charge in [0.2, 0.25) is 5.91 Å². The standard InChI is InChI=1S/C17H31N3O.2ClH/c21-16(13-19-10-4-2-1-3-5-11-19)20-12-6-7-17(15-20)8-9-18-14-17;;/h18H,1-15H2;2*1H. The van der Waals surface area contributed by atoms with Gasteiger partial charge >= 0.3 is 0 Å². The van der Waals surface area contributed by atoms with Crippen LogP contribution in [0.3, 0.4) is 0 Å². The lowest BCUT2D eigenvalue weighted by Crippen LogP contribution is -2.50. The van der Waals surface area contributed by atoms with Crippen molar-refractivity contribution in [2.75, 3.05) is 45.8 Å². The molecule has 0 aromatic carbocycles. The second-order valence-corrected chi connectivity index (χ2v) is 7.39. The molecule has 3 heterocycles. The number of piperidine rings is 1. The largest absolute Gasteiger partial charge is 0.341 e. The number of hydrogen-bond acceptors (Lipinski definition) is 3. The fourth-order valence-electron chi connectivity index (χ4n) is 4.33. The molecular formula is C17H33Cl2N3O. The first-order chi connectivity index (χ1) is 10.3. The fraction of sp³-hybridized carbons (Fsp3) is 0.941. The van der Waals surface area contributed by atoms with Gasteiger partial charge in [0.05, 0.1) is 6.54 Å². The number of nitrogens with one attached hydrogen (secondary N) is 1. The average Bonchev–Trinajstić information content (AvgIpc) is 2.89. The molecule has 1 unspecified atom stereocenters. The predicted molar refractivity (Wildman–Crippen MR) is 99.8 cm³/mol. The Morgan fingerprint density at radius 2 is 1.61 bits per heavy atom. The Kier molecular flexibility index (Phi) is 9.20. The Morgan fingerprint density at radius 1 is 0.913 bits per heavy atom. The van der Waals surface area contributed by atoms with Crippen LogP contribution in [0.25, 0.3) is 0 Å². The molecule has 0 aromatic rings. The summed E-state index contributed by atoms with van der Waals surface area (Å²) in [7, 11) is 0. The van der Waals surface area contributed by atoms with Crippen LogP contribution in [0.5, 0.6) is 0 Å². The van der Waals surface area contributed by atoms with Crippen molar-refractivity contribution in [2.24, 2.45) is 5.41 Å². The first-order valence-electron chi connectivity index (χ1n) is 8.98. The minimum absolute atomic E-state index is 0. The van der Waals surface area contributed by atoms with E-state index in [0.717, 1.165) is 39.3 Å². The van der Waals surface area contributed by atoms with Crippen LogP contribution in [0.4, 0.5) is 0 Å². The molecule has 3 aliphatic heterocycles. The zero-order valence-corrected chi connectivity index (χ0v) is 15.9. The van der Waals surface area contributed by atoms with Crippen LogP contribution in [0.1, 0.15) is 51.4 Å². The molecule has 3 saturated heterocycles. The van der Waals surface area contributed by atoms with E-state index in [1.54, 1.807) is 0 Å². The summed E-state index contributed by atoms with van der Waals surface area (Å²) in [5.41, 5.74) is 0.393. The number of carbonyl (C=O) groups is 1. The molecule has 1 amide bonds. The highest BCUT2D eigenvalue weighted by molar-refractivity contribution is 5.85. The van der Waals surface area contributed by atoms with Crippen LogP contribution in [0.2, 0.25) is 0 Å². The van der Waals surface area contributed by atoms with Gasteiger partial charge in [0, 0.05) is 25.0 Å². The topological polar surface area (TPSA) is 35.6 Å². The number of hydrogen-bond donors (Lipinski definition) is 1. The summed E-state index contributed by atoms with van der Waals surface area (Å²) in [6.45, 7) is 7.11. The van der Waals surface area contributed by atoms with E-state index >= 15 is 0 Å². The lowest BCUT2D eigenvalue weighted by molar-refractivity contribution is -0.135. The normalized spacial score (nSPS) is 29.3. The average molecular weight is 366 g/mol. The maximum absolute atomic E-state index is 12.7. The number of carbonyl (C=O) groups excluding carboxylic acids is 1. The number of amides is 1. The molecule has 0 saturated carbocycles. The smallest absolute Gasteiger partial charge is 0.236 e. The number of nitrogens with zero attached hydrogens (tertiary/aromatic N) is 2. The van der Waals surface area contributed by atoms with Crippen LogP contribution in [-0.4, -0.2) is 61.5 Å². The number of rotatable bonds is 2. The van der Waals surface area contributed by atoms with Gasteiger partial charge in [-0.1, -0.05) is 19.3 Å². The Labute approximate surface area is 153 Å². The number of likely N-dealkylation sites (tertiary alicyclic amines) is 2. The Balaban J connectivity index is 0.00000132. The van der Waals surface area contributed by atoms with Crippen molar-refractivity contribution in [1.29, 1.82) is 0 Å². The SMILES string of the molecule is Cl.Cl.O=C(CN1CCCCCCC1)N1CCCC2(CCNC2)C1. The van der Waals surface area contributed by atoms with Crippen molar-refractivity contribution < 1.29 is 4.79 Å². The van der Waals surface area contributed by atoms with Crippen LogP contribution < -0.4 is 5.32 Å². The molecule has 3 fully saturated rings. The van der Waals surface area contributed by atoms with Crippen molar-refractivity contribution >= 4 is 30.7 Å². The second kappa shape index (κ2) is 10.1. The van der Waals surface area contributed by atoms with E-state index in [4.69, 9.17) is 0 Å². The molecule has 136 valence electrons. The van der Waals surface area contributed by atoms with E-state index in [2.05, 4.69) is 15.1 Å². The lowest BCUT2D eigenvalue weighted by atomic mass is 9.79. The third-order valence-electron chi connectivity index (χ3n) is 5.65. The first kappa shape index (κ1) is 21.0. The molecule has 1 spiro atoms. The first-order valence-corrected chi connectivity index (χ1v) is 8.98. The third kappa shape index (κ3) is 5.77. The molecule has 1 atom stereocenters. The molecule has 23 heavy (non-hydrogen) atoms. The van der Waals surface area contributed by atoms with Crippen molar-refractivity contribution in [3.63, 3.8) is 0 Å². The minimum Gasteiger partial charge on any atom is -0.341 e. The van der Waals surface area contributed by atoms with Crippen LogP contribution in [0.15, 0.2) is 0 Å². The van der Waals surface area contributed by atoms with Gasteiger partial charge in [-0.25, -0.2) is 0 Å². The molecule has 0 aliphatic carbocycles. The van der Waals surface area contributed by atoms with Crippen molar-refractivity contribution in [3.05, 3.63) is 0 Å². The highest BCUT2D eigenvalue weighted by Gasteiger charge is 2.39. The van der Waals surface area contributed by atoms with E-state index in [0.29, 0.717) is 17.9 Å². The van der Waals surface area contributed by atoms with E-state index < -0.39 is 0 Å². The summed E-state index contributed by atoms with van der Waals surface area (Å²) >= 11 is 0. The highest BCUT2D eigenvalue weighted by Crippen LogP contribution is 2.35. The maximum atomic E-state index is 12.7. The minimum atomic E-state index is 0. The molecule has 0 radical (unpaired) electrons. The highest BCUT2D eigenvalue weighted by atomic mass is 35.5. The zero-order valence-electron chi connectivity index (χ0n) is 14.2. The molecule has 3 aliphatic rings.